The van der Waals surface area contributed by atoms with Gasteiger partial charge in [-0.2, -0.15) is 4.80 Å². The summed E-state index contributed by atoms with van der Waals surface area (Å²) in [6, 6.07) is 5.29. The number of carbonyl (C=O) groups excluding carboxylic acids is 3. The van der Waals surface area contributed by atoms with Gasteiger partial charge in [0.1, 0.15) is 6.61 Å². The summed E-state index contributed by atoms with van der Waals surface area (Å²) in [4.78, 5) is 40.6. The van der Waals surface area contributed by atoms with E-state index in [2.05, 4.69) is 36.3 Å². The lowest BCUT2D eigenvalue weighted by atomic mass is 9.97. The summed E-state index contributed by atoms with van der Waals surface area (Å²) in [5, 5.41) is 12.2. The normalized spacial score (nSPS) is 10.8. The van der Waals surface area contributed by atoms with Crippen LogP contribution in [0.2, 0.25) is 0 Å². The second-order valence-corrected chi connectivity index (χ2v) is 7.63. The highest BCUT2D eigenvalue weighted by molar-refractivity contribution is 9.10. The fraction of sp³-hybridized carbons (Fsp3) is 0.300. The lowest BCUT2D eigenvalue weighted by Crippen LogP contribution is -2.11. The van der Waals surface area contributed by atoms with Gasteiger partial charge in [-0.25, -0.2) is 0 Å². The zero-order valence-electron chi connectivity index (χ0n) is 16.9. The maximum absolute atomic E-state index is 13.2. The molecule has 0 aliphatic carbocycles. The summed E-state index contributed by atoms with van der Waals surface area (Å²) in [6.07, 6.45) is 0. The summed E-state index contributed by atoms with van der Waals surface area (Å²) in [5.74, 6) is -0.709. The smallest absolute Gasteiger partial charge is 0.302 e. The van der Waals surface area contributed by atoms with Gasteiger partial charge < -0.3 is 9.72 Å². The van der Waals surface area contributed by atoms with E-state index in [4.69, 9.17) is 4.74 Å². The average molecular weight is 474 g/mol. The van der Waals surface area contributed by atoms with E-state index in [0.717, 1.165) is 10.0 Å². The Morgan fingerprint density at radius 3 is 2.57 bits per heavy atom. The third-order valence-corrected chi connectivity index (χ3v) is 5.39. The molecule has 10 heteroatoms. The van der Waals surface area contributed by atoms with Crippen molar-refractivity contribution < 1.29 is 19.1 Å². The number of nitrogens with zero attached hydrogens (tertiary/aromatic N) is 4. The number of tetrazole rings is 1. The largest absolute Gasteiger partial charge is 0.464 e. The van der Waals surface area contributed by atoms with E-state index in [1.807, 2.05) is 13.0 Å². The van der Waals surface area contributed by atoms with E-state index >= 15 is 0 Å². The number of ketones is 2. The third-order valence-electron chi connectivity index (χ3n) is 4.54. The number of H-pyrrole nitrogens is 1. The van der Waals surface area contributed by atoms with Gasteiger partial charge in [0.25, 0.3) is 0 Å². The Labute approximate surface area is 180 Å². The maximum Gasteiger partial charge on any atom is 0.302 e. The van der Waals surface area contributed by atoms with Gasteiger partial charge in [0.15, 0.2) is 11.6 Å². The van der Waals surface area contributed by atoms with E-state index in [1.54, 1.807) is 19.1 Å². The fourth-order valence-corrected chi connectivity index (χ4v) is 3.33. The Bertz CT molecular complexity index is 1150. The molecule has 0 unspecified atom stereocenters. The van der Waals surface area contributed by atoms with Crippen molar-refractivity contribution in [2.24, 2.45) is 0 Å². The quantitative estimate of drug-likeness (QED) is 0.413. The molecule has 1 aromatic carbocycles. The Kier molecular flexibility index (Phi) is 6.25. The van der Waals surface area contributed by atoms with Gasteiger partial charge in [0, 0.05) is 23.9 Å². The van der Waals surface area contributed by atoms with Crippen LogP contribution < -0.4 is 0 Å². The molecule has 0 aliphatic heterocycles. The van der Waals surface area contributed by atoms with Crippen molar-refractivity contribution in [2.75, 3.05) is 6.61 Å². The van der Waals surface area contributed by atoms with Crippen LogP contribution in [-0.4, -0.2) is 49.3 Å². The first-order valence-corrected chi connectivity index (χ1v) is 9.94. The van der Waals surface area contributed by atoms with Crippen LogP contribution >= 0.6 is 15.9 Å². The van der Waals surface area contributed by atoms with Crippen LogP contribution in [0.25, 0.3) is 11.5 Å². The molecular weight excluding hydrogens is 454 g/mol. The minimum Gasteiger partial charge on any atom is -0.464 e. The Hall–Kier alpha value is -3.14. The van der Waals surface area contributed by atoms with Gasteiger partial charge in [0.2, 0.25) is 5.82 Å². The number of hydrogen-bond donors (Lipinski definition) is 1. The van der Waals surface area contributed by atoms with Crippen molar-refractivity contribution in [1.29, 1.82) is 0 Å². The van der Waals surface area contributed by atoms with E-state index in [9.17, 15) is 14.4 Å². The number of halogens is 1. The molecule has 0 spiro atoms. The number of Topliss-reactive ketones (excluding diaryl/α,β-unsaturated/α-hetero) is 1. The third kappa shape index (κ3) is 4.38. The van der Waals surface area contributed by atoms with Crippen molar-refractivity contribution in [3.63, 3.8) is 0 Å². The fourth-order valence-electron chi connectivity index (χ4n) is 2.95. The predicted molar refractivity (Wildman–Crippen MR) is 111 cm³/mol. The monoisotopic (exact) mass is 473 g/mol. The van der Waals surface area contributed by atoms with Crippen LogP contribution in [0.3, 0.4) is 0 Å². The topological polar surface area (TPSA) is 120 Å². The SMILES string of the molecule is CC(=O)OCCn1nnc(-c2[nH]c(C(C)=O)c(C(=O)c3ccc(C)c(Br)c3)c2C)n1. The van der Waals surface area contributed by atoms with Gasteiger partial charge in [-0.3, -0.25) is 14.4 Å². The van der Waals surface area contributed by atoms with Crippen molar-refractivity contribution >= 4 is 33.5 Å². The molecule has 2 aromatic heterocycles. The van der Waals surface area contributed by atoms with Crippen molar-refractivity contribution in [3.05, 3.63) is 50.6 Å². The van der Waals surface area contributed by atoms with Crippen LogP contribution in [-0.2, 0) is 16.1 Å². The summed E-state index contributed by atoms with van der Waals surface area (Å²) in [7, 11) is 0. The van der Waals surface area contributed by atoms with Gasteiger partial charge in [-0.1, -0.05) is 28.1 Å². The first kappa shape index (κ1) is 21.6. The van der Waals surface area contributed by atoms with Gasteiger partial charge >= 0.3 is 5.97 Å². The summed E-state index contributed by atoms with van der Waals surface area (Å²) in [6.45, 7) is 6.70. The van der Waals surface area contributed by atoms with E-state index < -0.39 is 5.97 Å². The number of rotatable bonds is 7. The number of aromatic nitrogens is 5. The highest BCUT2D eigenvalue weighted by Gasteiger charge is 2.26. The van der Waals surface area contributed by atoms with E-state index in [-0.39, 0.29) is 41.8 Å². The van der Waals surface area contributed by atoms with Crippen LogP contribution in [0.4, 0.5) is 0 Å². The second kappa shape index (κ2) is 8.70. The Morgan fingerprint density at radius 2 is 1.93 bits per heavy atom. The van der Waals surface area contributed by atoms with Crippen LogP contribution in [0, 0.1) is 13.8 Å². The van der Waals surface area contributed by atoms with Crippen LogP contribution in [0.15, 0.2) is 22.7 Å². The molecule has 0 saturated heterocycles. The first-order valence-electron chi connectivity index (χ1n) is 9.15. The van der Waals surface area contributed by atoms with Gasteiger partial charge in [-0.15, -0.1) is 10.2 Å². The minimum atomic E-state index is -0.396. The number of aryl methyl sites for hydroxylation is 1. The molecule has 0 saturated carbocycles. The Morgan fingerprint density at radius 1 is 1.20 bits per heavy atom. The highest BCUT2D eigenvalue weighted by atomic mass is 79.9. The lowest BCUT2D eigenvalue weighted by molar-refractivity contribution is -0.141. The molecule has 9 nitrogen and oxygen atoms in total. The number of benzene rings is 1. The number of hydrogen-bond acceptors (Lipinski definition) is 7. The zero-order valence-corrected chi connectivity index (χ0v) is 18.5. The van der Waals surface area contributed by atoms with Crippen molar-refractivity contribution in [2.45, 2.75) is 34.2 Å². The molecule has 1 N–H and O–H groups in total. The highest BCUT2D eigenvalue weighted by Crippen LogP contribution is 2.29. The molecular formula is C20H20BrN5O4. The summed E-state index contributed by atoms with van der Waals surface area (Å²) in [5.41, 5.74) is 2.93. The molecule has 0 fully saturated rings. The number of carbonyl (C=O) groups is 3. The molecule has 30 heavy (non-hydrogen) atoms. The minimum absolute atomic E-state index is 0.111. The van der Waals surface area contributed by atoms with Gasteiger partial charge in [0.05, 0.1) is 23.5 Å². The maximum atomic E-state index is 13.2. The standard InChI is InChI=1S/C20H20BrN5O4/c1-10-5-6-14(9-15(10)21)19(29)16-11(2)17(22-18(16)12(3)27)20-23-25-26(24-20)7-8-30-13(4)28/h5-6,9,22H,7-8H2,1-4H3. The zero-order chi connectivity index (χ0) is 22.0. The number of esters is 1. The Balaban J connectivity index is 1.98. The average Bonchev–Trinajstić information content (AvgIpc) is 3.27. The van der Waals surface area contributed by atoms with E-state index in [1.165, 1.54) is 18.6 Å². The van der Waals surface area contributed by atoms with Crippen LogP contribution in [0.5, 0.6) is 0 Å². The lowest BCUT2D eigenvalue weighted by Gasteiger charge is -2.05. The van der Waals surface area contributed by atoms with E-state index in [0.29, 0.717) is 16.8 Å². The molecule has 0 aliphatic rings. The van der Waals surface area contributed by atoms with Crippen LogP contribution in [0.1, 0.15) is 51.4 Å². The molecule has 0 amide bonds. The molecule has 3 rings (SSSR count). The predicted octanol–water partition coefficient (Wildman–Crippen LogP) is 3.04. The summed E-state index contributed by atoms with van der Waals surface area (Å²) < 4.78 is 5.68. The molecule has 0 radical (unpaired) electrons. The number of aromatic amines is 1. The molecule has 0 atom stereocenters. The molecule has 156 valence electrons. The molecule has 2 heterocycles. The van der Waals surface area contributed by atoms with Gasteiger partial charge in [-0.05, 0) is 36.3 Å². The second-order valence-electron chi connectivity index (χ2n) is 6.77. The molecule has 3 aromatic rings. The first-order chi connectivity index (χ1) is 14.2. The number of ether oxygens (including phenoxy) is 1. The number of nitrogens with one attached hydrogen (secondary N) is 1. The van der Waals surface area contributed by atoms with Crippen molar-refractivity contribution in [3.8, 4) is 11.5 Å². The van der Waals surface area contributed by atoms with Crippen molar-refractivity contribution in [1.82, 2.24) is 25.2 Å². The molecule has 0 bridgehead atoms. The summed E-state index contributed by atoms with van der Waals surface area (Å²) >= 11 is 3.44.